The van der Waals surface area contributed by atoms with Crippen LogP contribution in [0.25, 0.3) is 0 Å². The largest absolute Gasteiger partial charge is 0.482 e. The summed E-state index contributed by atoms with van der Waals surface area (Å²) in [6.07, 6.45) is 3.11. The van der Waals surface area contributed by atoms with Crippen molar-refractivity contribution in [3.05, 3.63) is 23.2 Å². The second kappa shape index (κ2) is 8.46. The number of halogens is 2. The van der Waals surface area contributed by atoms with Gasteiger partial charge < -0.3 is 20.3 Å². The molecule has 1 aromatic rings. The Bertz CT molecular complexity index is 676. The predicted molar refractivity (Wildman–Crippen MR) is 104 cm³/mol. The SMILES string of the molecule is CN(C)C(=O)COc1ccc(NC(=O)C2CC23CCNCC3)cc1Cl.Cl. The summed E-state index contributed by atoms with van der Waals surface area (Å²) >= 11 is 6.20. The van der Waals surface area contributed by atoms with Crippen LogP contribution in [0.4, 0.5) is 5.69 Å². The van der Waals surface area contributed by atoms with Gasteiger partial charge in [-0.15, -0.1) is 12.4 Å². The van der Waals surface area contributed by atoms with E-state index < -0.39 is 0 Å². The summed E-state index contributed by atoms with van der Waals surface area (Å²) in [6, 6.07) is 5.08. The molecule has 1 spiro atoms. The quantitative estimate of drug-likeness (QED) is 0.794. The molecular weight excluding hydrogens is 377 g/mol. The molecule has 0 bridgehead atoms. The smallest absolute Gasteiger partial charge is 0.259 e. The van der Waals surface area contributed by atoms with Gasteiger partial charge in [-0.3, -0.25) is 9.59 Å². The molecule has 0 aromatic heterocycles. The molecule has 2 N–H and O–H groups in total. The lowest BCUT2D eigenvalue weighted by molar-refractivity contribution is -0.130. The van der Waals surface area contributed by atoms with Crippen molar-refractivity contribution in [2.75, 3.05) is 39.1 Å². The highest BCUT2D eigenvalue weighted by atomic mass is 35.5. The van der Waals surface area contributed by atoms with Gasteiger partial charge in [0.15, 0.2) is 6.61 Å². The van der Waals surface area contributed by atoms with Crippen molar-refractivity contribution >= 4 is 41.5 Å². The number of hydrogen-bond acceptors (Lipinski definition) is 4. The van der Waals surface area contributed by atoms with Gasteiger partial charge in [0.2, 0.25) is 5.91 Å². The molecule has 6 nitrogen and oxygen atoms in total. The first-order chi connectivity index (χ1) is 11.9. The third-order valence-corrected chi connectivity index (χ3v) is 5.45. The molecule has 1 atom stereocenters. The Morgan fingerprint density at radius 2 is 2.04 bits per heavy atom. The molecule has 1 unspecified atom stereocenters. The van der Waals surface area contributed by atoms with Crippen LogP contribution in [-0.2, 0) is 9.59 Å². The van der Waals surface area contributed by atoms with Crippen molar-refractivity contribution in [3.63, 3.8) is 0 Å². The highest BCUT2D eigenvalue weighted by Crippen LogP contribution is 2.58. The Labute approximate surface area is 165 Å². The van der Waals surface area contributed by atoms with Gasteiger partial charge in [0.05, 0.1) is 5.02 Å². The molecule has 1 aliphatic heterocycles. The summed E-state index contributed by atoms with van der Waals surface area (Å²) in [6.45, 7) is 1.91. The highest BCUT2D eigenvalue weighted by molar-refractivity contribution is 6.32. The molecule has 1 heterocycles. The van der Waals surface area contributed by atoms with E-state index in [4.69, 9.17) is 16.3 Å². The molecule has 2 fully saturated rings. The van der Waals surface area contributed by atoms with Crippen LogP contribution >= 0.6 is 24.0 Å². The first-order valence-corrected chi connectivity index (χ1v) is 8.93. The number of ether oxygens (including phenoxy) is 1. The van der Waals surface area contributed by atoms with Crippen LogP contribution < -0.4 is 15.4 Å². The van der Waals surface area contributed by atoms with Gasteiger partial charge in [-0.05, 0) is 56.0 Å². The fourth-order valence-electron chi connectivity index (χ4n) is 3.39. The van der Waals surface area contributed by atoms with E-state index in [9.17, 15) is 9.59 Å². The number of benzene rings is 1. The first kappa shape index (κ1) is 20.8. The number of rotatable bonds is 5. The molecule has 1 saturated carbocycles. The van der Waals surface area contributed by atoms with Crippen LogP contribution in [0.5, 0.6) is 5.75 Å². The van der Waals surface area contributed by atoms with Gasteiger partial charge in [-0.25, -0.2) is 0 Å². The number of carbonyl (C=O) groups excluding carboxylic acids is 2. The number of nitrogens with one attached hydrogen (secondary N) is 2. The lowest BCUT2D eigenvalue weighted by Gasteiger charge is -2.23. The van der Waals surface area contributed by atoms with Crippen molar-refractivity contribution in [1.82, 2.24) is 10.2 Å². The molecule has 1 aliphatic carbocycles. The topological polar surface area (TPSA) is 70.7 Å². The van der Waals surface area contributed by atoms with Gasteiger partial charge in [0.25, 0.3) is 5.91 Å². The van der Waals surface area contributed by atoms with E-state index >= 15 is 0 Å². The number of nitrogens with zero attached hydrogens (tertiary/aromatic N) is 1. The Morgan fingerprint density at radius 3 is 2.65 bits per heavy atom. The normalized spacial score (nSPS) is 20.0. The number of piperidine rings is 1. The van der Waals surface area contributed by atoms with E-state index in [0.29, 0.717) is 16.5 Å². The maximum atomic E-state index is 12.5. The van der Waals surface area contributed by atoms with Crippen LogP contribution in [0.3, 0.4) is 0 Å². The van der Waals surface area contributed by atoms with Crippen molar-refractivity contribution in [2.24, 2.45) is 11.3 Å². The molecule has 26 heavy (non-hydrogen) atoms. The second-order valence-electron chi connectivity index (χ2n) is 7.08. The monoisotopic (exact) mass is 401 g/mol. The summed E-state index contributed by atoms with van der Waals surface area (Å²) in [7, 11) is 3.33. The van der Waals surface area contributed by atoms with Gasteiger partial charge in [-0.1, -0.05) is 11.6 Å². The zero-order valence-electron chi connectivity index (χ0n) is 15.0. The second-order valence-corrected chi connectivity index (χ2v) is 7.49. The molecule has 2 aliphatic rings. The van der Waals surface area contributed by atoms with Gasteiger partial charge in [0, 0.05) is 25.7 Å². The summed E-state index contributed by atoms with van der Waals surface area (Å²) < 4.78 is 5.43. The molecule has 1 saturated heterocycles. The number of anilines is 1. The zero-order chi connectivity index (χ0) is 18.0. The number of likely N-dealkylation sites (N-methyl/N-ethyl adjacent to an activating group) is 1. The third-order valence-electron chi connectivity index (χ3n) is 5.15. The van der Waals surface area contributed by atoms with Crippen LogP contribution in [0.2, 0.25) is 5.02 Å². The maximum absolute atomic E-state index is 12.5. The fraction of sp³-hybridized carbons (Fsp3) is 0.556. The van der Waals surface area contributed by atoms with Crippen molar-refractivity contribution < 1.29 is 14.3 Å². The van der Waals surface area contributed by atoms with E-state index in [1.807, 2.05) is 0 Å². The summed E-state index contributed by atoms with van der Waals surface area (Å²) in [5.74, 6) is 0.446. The zero-order valence-corrected chi connectivity index (χ0v) is 16.6. The molecule has 2 amide bonds. The predicted octanol–water partition coefficient (Wildman–Crippen LogP) is 2.56. The van der Waals surface area contributed by atoms with Crippen LogP contribution in [0.15, 0.2) is 18.2 Å². The molecule has 3 rings (SSSR count). The minimum atomic E-state index is -0.144. The number of amides is 2. The maximum Gasteiger partial charge on any atom is 0.259 e. The first-order valence-electron chi connectivity index (χ1n) is 8.55. The van der Waals surface area contributed by atoms with Crippen LogP contribution in [0, 0.1) is 11.3 Å². The van der Waals surface area contributed by atoms with E-state index in [1.165, 1.54) is 4.90 Å². The van der Waals surface area contributed by atoms with Crippen molar-refractivity contribution in [2.45, 2.75) is 19.3 Å². The minimum absolute atomic E-state index is 0. The van der Waals surface area contributed by atoms with E-state index in [1.54, 1.807) is 32.3 Å². The van der Waals surface area contributed by atoms with Crippen molar-refractivity contribution in [1.29, 1.82) is 0 Å². The summed E-state index contributed by atoms with van der Waals surface area (Å²) in [5.41, 5.74) is 0.853. The molecule has 0 radical (unpaired) electrons. The fourth-order valence-corrected chi connectivity index (χ4v) is 3.62. The van der Waals surface area contributed by atoms with E-state index in [0.717, 1.165) is 32.4 Å². The highest BCUT2D eigenvalue weighted by Gasteiger charge is 2.57. The molecule has 144 valence electrons. The molecular formula is C18H25Cl2N3O3. The Kier molecular flexibility index (Phi) is 6.77. The number of carbonyl (C=O) groups is 2. The Morgan fingerprint density at radius 1 is 1.35 bits per heavy atom. The molecule has 1 aromatic carbocycles. The Balaban J connectivity index is 0.00000243. The average Bonchev–Trinajstić information content (AvgIpc) is 3.27. The van der Waals surface area contributed by atoms with Gasteiger partial charge in [-0.2, -0.15) is 0 Å². The average molecular weight is 402 g/mol. The third kappa shape index (κ3) is 4.61. The van der Waals surface area contributed by atoms with Gasteiger partial charge in [0.1, 0.15) is 5.75 Å². The lowest BCUT2D eigenvalue weighted by Crippen LogP contribution is -2.31. The summed E-state index contributed by atoms with van der Waals surface area (Å²) in [4.78, 5) is 25.5. The summed E-state index contributed by atoms with van der Waals surface area (Å²) in [5, 5.41) is 6.66. The van der Waals surface area contributed by atoms with E-state index in [-0.39, 0.29) is 42.2 Å². The number of hydrogen-bond donors (Lipinski definition) is 2. The minimum Gasteiger partial charge on any atom is -0.482 e. The van der Waals surface area contributed by atoms with Crippen LogP contribution in [-0.4, -0.2) is 50.5 Å². The van der Waals surface area contributed by atoms with Gasteiger partial charge >= 0.3 is 0 Å². The molecule has 8 heteroatoms. The standard InChI is InChI=1S/C18H24ClN3O3.ClH/c1-22(2)16(23)11-25-15-4-3-12(9-14(15)19)21-17(24)13-10-18(13)5-7-20-8-6-18;/h3-4,9,13,20H,5-8,10-11H2,1-2H3,(H,21,24);1H. The lowest BCUT2D eigenvalue weighted by atomic mass is 9.92. The van der Waals surface area contributed by atoms with Crippen LogP contribution in [0.1, 0.15) is 19.3 Å². The van der Waals surface area contributed by atoms with Crippen molar-refractivity contribution in [3.8, 4) is 5.75 Å². The Hall–Kier alpha value is -1.50. The van der Waals surface area contributed by atoms with E-state index in [2.05, 4.69) is 10.6 Å².